The molecule has 0 saturated carbocycles. The molecule has 88 valence electrons. The molecule has 2 aliphatic heterocycles. The Morgan fingerprint density at radius 1 is 1.35 bits per heavy atom. The highest BCUT2D eigenvalue weighted by atomic mass is 79.9. The molecule has 1 saturated heterocycles. The maximum absolute atomic E-state index is 11.8. The maximum Gasteiger partial charge on any atom is 0.338 e. The lowest BCUT2D eigenvalue weighted by atomic mass is 10.1. The molecule has 17 heavy (non-hydrogen) atoms. The summed E-state index contributed by atoms with van der Waals surface area (Å²) in [6.07, 6.45) is 0.498. The normalized spacial score (nSPS) is 22.9. The molecule has 4 nitrogen and oxygen atoms in total. The molecule has 1 fully saturated rings. The second-order valence-corrected chi connectivity index (χ2v) is 5.48. The highest BCUT2D eigenvalue weighted by molar-refractivity contribution is 9.09. The lowest BCUT2D eigenvalue weighted by Crippen LogP contribution is -2.25. The van der Waals surface area contributed by atoms with Crippen molar-refractivity contribution in [1.29, 1.82) is 0 Å². The van der Waals surface area contributed by atoms with Gasteiger partial charge in [0.2, 0.25) is 5.91 Å². The second-order valence-electron chi connectivity index (χ2n) is 4.19. The topological polar surface area (TPSA) is 46.6 Å². The number of esters is 1. The molecule has 0 N–H and O–H groups in total. The minimum absolute atomic E-state index is 0.0830. The summed E-state index contributed by atoms with van der Waals surface area (Å²) in [4.78, 5) is 25.2. The van der Waals surface area contributed by atoms with Crippen LogP contribution in [0.2, 0.25) is 0 Å². The van der Waals surface area contributed by atoms with Crippen molar-refractivity contribution in [3.8, 4) is 0 Å². The number of hydrogen-bond donors (Lipinski definition) is 0. The first kappa shape index (κ1) is 10.8. The average molecular weight is 296 g/mol. The van der Waals surface area contributed by atoms with Crippen molar-refractivity contribution in [2.45, 2.75) is 17.9 Å². The van der Waals surface area contributed by atoms with Gasteiger partial charge in [-0.2, -0.15) is 0 Å². The maximum atomic E-state index is 11.8. The average Bonchev–Trinajstić information content (AvgIpc) is 2.83. The van der Waals surface area contributed by atoms with Gasteiger partial charge in [-0.1, -0.05) is 22.0 Å². The van der Waals surface area contributed by atoms with E-state index in [0.29, 0.717) is 18.5 Å². The number of benzene rings is 1. The number of ether oxygens (including phenoxy) is 1. The van der Waals surface area contributed by atoms with Crippen LogP contribution < -0.4 is 4.90 Å². The molecule has 3 rings (SSSR count). The minimum Gasteiger partial charge on any atom is -0.457 e. The van der Waals surface area contributed by atoms with Crippen LogP contribution in [0.3, 0.4) is 0 Å². The van der Waals surface area contributed by atoms with Crippen LogP contribution in [0.1, 0.15) is 22.3 Å². The molecule has 1 aromatic rings. The zero-order chi connectivity index (χ0) is 12.0. The number of carbonyl (C=O) groups excluding carboxylic acids is 2. The van der Waals surface area contributed by atoms with E-state index in [2.05, 4.69) is 15.9 Å². The first-order valence-electron chi connectivity index (χ1n) is 5.40. The van der Waals surface area contributed by atoms with E-state index >= 15 is 0 Å². The fourth-order valence-corrected chi connectivity index (χ4v) is 2.85. The molecule has 0 bridgehead atoms. The summed E-state index contributed by atoms with van der Waals surface area (Å²) in [5.41, 5.74) is 2.21. The molecule has 1 aromatic carbocycles. The Kier molecular flexibility index (Phi) is 2.43. The minimum atomic E-state index is -0.302. The number of cyclic esters (lactones) is 1. The van der Waals surface area contributed by atoms with E-state index in [0.717, 1.165) is 11.3 Å². The third-order valence-electron chi connectivity index (χ3n) is 3.09. The summed E-state index contributed by atoms with van der Waals surface area (Å²) < 4.78 is 5.00. The van der Waals surface area contributed by atoms with E-state index in [1.807, 2.05) is 6.07 Å². The first-order valence-corrected chi connectivity index (χ1v) is 6.32. The van der Waals surface area contributed by atoms with Gasteiger partial charge in [-0.05, 0) is 12.1 Å². The van der Waals surface area contributed by atoms with Crippen LogP contribution >= 0.6 is 15.9 Å². The quantitative estimate of drug-likeness (QED) is 0.587. The lowest BCUT2D eigenvalue weighted by Gasteiger charge is -2.18. The lowest BCUT2D eigenvalue weighted by molar-refractivity contribution is -0.117. The molecule has 1 amide bonds. The van der Waals surface area contributed by atoms with Gasteiger partial charge in [-0.25, -0.2) is 4.79 Å². The molecule has 0 aliphatic carbocycles. The standard InChI is InChI=1S/C12H10BrNO3/c13-7-4-11(15)14(5-7)10-3-1-2-8-9(10)6-17-12(8)16/h1-3,7H,4-6H2. The highest BCUT2D eigenvalue weighted by Crippen LogP contribution is 2.33. The molecule has 0 radical (unpaired) electrons. The number of nitrogens with zero attached hydrogens (tertiary/aromatic N) is 1. The van der Waals surface area contributed by atoms with Crippen LogP contribution in [0.5, 0.6) is 0 Å². The van der Waals surface area contributed by atoms with Gasteiger partial charge in [-0.15, -0.1) is 0 Å². The molecule has 2 heterocycles. The molecule has 1 atom stereocenters. The van der Waals surface area contributed by atoms with Crippen LogP contribution in [0.4, 0.5) is 5.69 Å². The van der Waals surface area contributed by atoms with Gasteiger partial charge >= 0.3 is 5.97 Å². The number of halogens is 1. The summed E-state index contributed by atoms with van der Waals surface area (Å²) in [6.45, 7) is 0.907. The van der Waals surface area contributed by atoms with Crippen LogP contribution in [-0.2, 0) is 16.1 Å². The van der Waals surface area contributed by atoms with Crippen molar-refractivity contribution in [3.05, 3.63) is 29.3 Å². The van der Waals surface area contributed by atoms with E-state index in [1.165, 1.54) is 0 Å². The molecule has 0 aromatic heterocycles. The van der Waals surface area contributed by atoms with Crippen molar-refractivity contribution in [2.75, 3.05) is 11.4 Å². The van der Waals surface area contributed by atoms with Crippen molar-refractivity contribution < 1.29 is 14.3 Å². The third-order valence-corrected chi connectivity index (χ3v) is 3.70. The number of anilines is 1. The zero-order valence-corrected chi connectivity index (χ0v) is 10.6. The SMILES string of the molecule is O=C1OCc2c1cccc2N1CC(Br)CC1=O. The predicted octanol–water partition coefficient (Wildman–Crippen LogP) is 1.86. The number of fused-ring (bicyclic) bond motifs is 1. The summed E-state index contributed by atoms with van der Waals surface area (Å²) in [5.74, 6) is -0.219. The Labute approximate surface area is 107 Å². The fraction of sp³-hybridized carbons (Fsp3) is 0.333. The van der Waals surface area contributed by atoms with Crippen LogP contribution in [0.25, 0.3) is 0 Å². The van der Waals surface area contributed by atoms with Gasteiger partial charge in [0.1, 0.15) is 6.61 Å². The Hall–Kier alpha value is -1.36. The zero-order valence-electron chi connectivity index (χ0n) is 8.98. The number of alkyl halides is 1. The Morgan fingerprint density at radius 3 is 2.88 bits per heavy atom. The van der Waals surface area contributed by atoms with Gasteiger partial charge in [-0.3, -0.25) is 4.79 Å². The first-order chi connectivity index (χ1) is 8.16. The molecular formula is C12H10BrNO3. The smallest absolute Gasteiger partial charge is 0.338 e. The summed E-state index contributed by atoms with van der Waals surface area (Å²) in [7, 11) is 0. The van der Waals surface area contributed by atoms with Crippen molar-refractivity contribution in [3.63, 3.8) is 0 Å². The summed E-state index contributed by atoms with van der Waals surface area (Å²) >= 11 is 3.45. The second kappa shape index (κ2) is 3.84. The van der Waals surface area contributed by atoms with Crippen LogP contribution in [0, 0.1) is 0 Å². The van der Waals surface area contributed by atoms with Crippen LogP contribution in [0.15, 0.2) is 18.2 Å². The van der Waals surface area contributed by atoms with Crippen molar-refractivity contribution >= 4 is 33.5 Å². The van der Waals surface area contributed by atoms with E-state index in [4.69, 9.17) is 4.74 Å². The number of hydrogen-bond acceptors (Lipinski definition) is 3. The Bertz CT molecular complexity index is 514. The Balaban J connectivity index is 2.05. The molecule has 1 unspecified atom stereocenters. The number of amides is 1. The van der Waals surface area contributed by atoms with E-state index in [1.54, 1.807) is 17.0 Å². The predicted molar refractivity (Wildman–Crippen MR) is 65.2 cm³/mol. The molecule has 2 aliphatic rings. The monoisotopic (exact) mass is 295 g/mol. The van der Waals surface area contributed by atoms with E-state index in [-0.39, 0.29) is 23.3 Å². The van der Waals surface area contributed by atoms with Gasteiger partial charge in [0.15, 0.2) is 0 Å². The van der Waals surface area contributed by atoms with E-state index < -0.39 is 0 Å². The van der Waals surface area contributed by atoms with Crippen molar-refractivity contribution in [1.82, 2.24) is 0 Å². The summed E-state index contributed by atoms with van der Waals surface area (Å²) in [5, 5.41) is 0. The van der Waals surface area contributed by atoms with E-state index in [9.17, 15) is 9.59 Å². The number of rotatable bonds is 1. The Morgan fingerprint density at radius 2 is 2.18 bits per heavy atom. The largest absolute Gasteiger partial charge is 0.457 e. The number of carbonyl (C=O) groups is 2. The highest BCUT2D eigenvalue weighted by Gasteiger charge is 2.33. The molecule has 5 heteroatoms. The van der Waals surface area contributed by atoms with Crippen molar-refractivity contribution in [2.24, 2.45) is 0 Å². The van der Waals surface area contributed by atoms with Gasteiger partial charge in [0.05, 0.1) is 11.3 Å². The van der Waals surface area contributed by atoms with Crippen LogP contribution in [-0.4, -0.2) is 23.2 Å². The molecular weight excluding hydrogens is 286 g/mol. The summed E-state index contributed by atoms with van der Waals surface area (Å²) in [6, 6.07) is 5.39. The van der Waals surface area contributed by atoms with Gasteiger partial charge in [0, 0.05) is 23.4 Å². The molecule has 0 spiro atoms. The fourth-order valence-electron chi connectivity index (χ4n) is 2.28. The third kappa shape index (κ3) is 1.65. The van der Waals surface area contributed by atoms with Gasteiger partial charge < -0.3 is 9.64 Å². The van der Waals surface area contributed by atoms with Gasteiger partial charge in [0.25, 0.3) is 0 Å².